The van der Waals surface area contributed by atoms with Gasteiger partial charge in [0.05, 0.1) is 16.2 Å². The van der Waals surface area contributed by atoms with Crippen LogP contribution in [0.15, 0.2) is 18.2 Å². The van der Waals surface area contributed by atoms with Gasteiger partial charge in [0.1, 0.15) is 0 Å². The maximum Gasteiger partial charge on any atom is 0.340 e. The van der Waals surface area contributed by atoms with Crippen LogP contribution < -0.4 is 11.1 Å². The van der Waals surface area contributed by atoms with Gasteiger partial charge in [0.15, 0.2) is 6.61 Å². The number of benzene rings is 1. The molecular formula is C16H21N3O5. The minimum Gasteiger partial charge on any atom is -0.452 e. The molecule has 0 unspecified atom stereocenters. The highest BCUT2D eigenvalue weighted by Gasteiger charge is 2.23. The van der Waals surface area contributed by atoms with E-state index < -0.39 is 17.5 Å². The SMILES string of the molecule is C[C@@H]1CCCC[C@@H]1NC(=O)COC(=O)c1ccc([N+](=O)[O-])cc1N. The van der Waals surface area contributed by atoms with E-state index in [1.165, 1.54) is 12.5 Å². The van der Waals surface area contributed by atoms with Crippen LogP contribution in [0.1, 0.15) is 43.0 Å². The maximum atomic E-state index is 12.0. The van der Waals surface area contributed by atoms with Crippen LogP contribution in [0.4, 0.5) is 11.4 Å². The number of nitro benzene ring substituents is 1. The third kappa shape index (κ3) is 4.43. The first kappa shape index (κ1) is 17.7. The fourth-order valence-electron chi connectivity index (χ4n) is 2.84. The van der Waals surface area contributed by atoms with E-state index in [2.05, 4.69) is 12.2 Å². The number of nitrogen functional groups attached to an aromatic ring is 1. The van der Waals surface area contributed by atoms with Crippen LogP contribution in [0, 0.1) is 16.0 Å². The van der Waals surface area contributed by atoms with Gasteiger partial charge in [-0.1, -0.05) is 19.8 Å². The zero-order valence-corrected chi connectivity index (χ0v) is 13.5. The predicted molar refractivity (Wildman–Crippen MR) is 87.4 cm³/mol. The van der Waals surface area contributed by atoms with E-state index in [4.69, 9.17) is 10.5 Å². The van der Waals surface area contributed by atoms with Crippen molar-refractivity contribution in [3.05, 3.63) is 33.9 Å². The highest BCUT2D eigenvalue weighted by Crippen LogP contribution is 2.24. The summed E-state index contributed by atoms with van der Waals surface area (Å²) in [6, 6.07) is 3.57. The Bertz CT molecular complexity index is 647. The van der Waals surface area contributed by atoms with E-state index >= 15 is 0 Å². The Morgan fingerprint density at radius 3 is 2.71 bits per heavy atom. The molecule has 1 aromatic rings. The molecule has 8 heteroatoms. The molecule has 1 aromatic carbocycles. The molecule has 2 rings (SSSR count). The number of rotatable bonds is 5. The highest BCUT2D eigenvalue weighted by atomic mass is 16.6. The van der Waals surface area contributed by atoms with Crippen molar-refractivity contribution in [3.63, 3.8) is 0 Å². The predicted octanol–water partition coefficient (Wildman–Crippen LogP) is 2.03. The smallest absolute Gasteiger partial charge is 0.340 e. The highest BCUT2D eigenvalue weighted by molar-refractivity contribution is 5.96. The second-order valence-electron chi connectivity index (χ2n) is 6.04. The first-order valence-corrected chi connectivity index (χ1v) is 7.89. The van der Waals surface area contributed by atoms with Gasteiger partial charge in [0, 0.05) is 18.2 Å². The number of nitrogens with two attached hydrogens (primary N) is 1. The average Bonchev–Trinajstić information content (AvgIpc) is 2.54. The lowest BCUT2D eigenvalue weighted by Crippen LogP contribution is -2.42. The second-order valence-corrected chi connectivity index (χ2v) is 6.04. The number of amides is 1. The van der Waals surface area contributed by atoms with Crippen molar-refractivity contribution in [1.82, 2.24) is 5.32 Å². The molecule has 130 valence electrons. The number of nitrogens with zero attached hydrogens (tertiary/aromatic N) is 1. The van der Waals surface area contributed by atoms with Gasteiger partial charge in [-0.3, -0.25) is 14.9 Å². The number of non-ortho nitro benzene ring substituents is 1. The topological polar surface area (TPSA) is 125 Å². The fourth-order valence-corrected chi connectivity index (χ4v) is 2.84. The molecule has 0 heterocycles. The summed E-state index contributed by atoms with van der Waals surface area (Å²) in [5.74, 6) is -0.736. The first-order chi connectivity index (χ1) is 11.4. The number of carbonyl (C=O) groups is 2. The molecular weight excluding hydrogens is 314 g/mol. The van der Waals surface area contributed by atoms with Crippen molar-refractivity contribution in [2.24, 2.45) is 5.92 Å². The molecule has 2 atom stereocenters. The molecule has 0 aromatic heterocycles. The molecule has 0 bridgehead atoms. The monoisotopic (exact) mass is 335 g/mol. The number of hydrogen-bond donors (Lipinski definition) is 2. The van der Waals surface area contributed by atoms with E-state index in [9.17, 15) is 19.7 Å². The Kier molecular flexibility index (Phi) is 5.73. The number of esters is 1. The van der Waals surface area contributed by atoms with Crippen LogP contribution in [-0.4, -0.2) is 29.4 Å². The van der Waals surface area contributed by atoms with Crippen LogP contribution >= 0.6 is 0 Å². The molecule has 0 aliphatic heterocycles. The summed E-state index contributed by atoms with van der Waals surface area (Å²) in [7, 11) is 0. The quantitative estimate of drug-likeness (QED) is 0.367. The molecule has 3 N–H and O–H groups in total. The zero-order valence-electron chi connectivity index (χ0n) is 13.5. The van der Waals surface area contributed by atoms with Crippen LogP contribution in [0.25, 0.3) is 0 Å². The Hall–Kier alpha value is -2.64. The largest absolute Gasteiger partial charge is 0.452 e. The van der Waals surface area contributed by atoms with Gasteiger partial charge in [-0.15, -0.1) is 0 Å². The molecule has 0 saturated heterocycles. The van der Waals surface area contributed by atoms with E-state index in [-0.39, 0.29) is 28.9 Å². The van der Waals surface area contributed by atoms with Crippen molar-refractivity contribution in [2.75, 3.05) is 12.3 Å². The molecule has 8 nitrogen and oxygen atoms in total. The summed E-state index contributed by atoms with van der Waals surface area (Å²) in [5.41, 5.74) is 5.35. The van der Waals surface area contributed by atoms with E-state index in [1.54, 1.807) is 0 Å². The lowest BCUT2D eigenvalue weighted by Gasteiger charge is -2.29. The summed E-state index contributed by atoms with van der Waals surface area (Å²) in [6.45, 7) is 1.69. The van der Waals surface area contributed by atoms with Gasteiger partial charge in [0.25, 0.3) is 11.6 Å². The summed E-state index contributed by atoms with van der Waals surface area (Å²) in [6.07, 6.45) is 4.25. The van der Waals surface area contributed by atoms with Crippen molar-refractivity contribution in [3.8, 4) is 0 Å². The molecule has 1 fully saturated rings. The Balaban J connectivity index is 1.88. The zero-order chi connectivity index (χ0) is 17.7. The molecule has 24 heavy (non-hydrogen) atoms. The van der Waals surface area contributed by atoms with Crippen molar-refractivity contribution in [1.29, 1.82) is 0 Å². The van der Waals surface area contributed by atoms with E-state index in [1.807, 2.05) is 0 Å². The van der Waals surface area contributed by atoms with Crippen molar-refractivity contribution in [2.45, 2.75) is 38.6 Å². The Labute approximate surface area is 139 Å². The van der Waals surface area contributed by atoms with E-state index in [0.29, 0.717) is 5.92 Å². The van der Waals surface area contributed by atoms with Crippen LogP contribution in [0.3, 0.4) is 0 Å². The van der Waals surface area contributed by atoms with Gasteiger partial charge in [-0.05, 0) is 24.8 Å². The summed E-state index contributed by atoms with van der Waals surface area (Å²) >= 11 is 0. The fraction of sp³-hybridized carbons (Fsp3) is 0.500. The third-order valence-corrected chi connectivity index (χ3v) is 4.26. The number of nitro groups is 1. The minimum absolute atomic E-state index is 0.000524. The minimum atomic E-state index is -0.783. The van der Waals surface area contributed by atoms with Crippen LogP contribution in [-0.2, 0) is 9.53 Å². The molecule has 0 spiro atoms. The first-order valence-electron chi connectivity index (χ1n) is 7.89. The number of carbonyl (C=O) groups excluding carboxylic acids is 2. The number of anilines is 1. The summed E-state index contributed by atoms with van der Waals surface area (Å²) < 4.78 is 4.95. The molecule has 1 aliphatic carbocycles. The van der Waals surface area contributed by atoms with Crippen molar-refractivity contribution < 1.29 is 19.2 Å². The van der Waals surface area contributed by atoms with Gasteiger partial charge >= 0.3 is 5.97 Å². The standard InChI is InChI=1S/C16H21N3O5/c1-10-4-2-3-5-14(10)18-15(20)9-24-16(21)12-7-6-11(19(22)23)8-13(12)17/h6-8,10,14H,2-5,9,17H2,1H3,(H,18,20)/t10-,14+/m1/s1. The molecule has 0 radical (unpaired) electrons. The maximum absolute atomic E-state index is 12.0. The van der Waals surface area contributed by atoms with Gasteiger partial charge in [-0.2, -0.15) is 0 Å². The third-order valence-electron chi connectivity index (χ3n) is 4.26. The number of nitrogens with one attached hydrogen (secondary N) is 1. The second kappa shape index (κ2) is 7.76. The van der Waals surface area contributed by atoms with Gasteiger partial charge in [0.2, 0.25) is 0 Å². The molecule has 1 saturated carbocycles. The Morgan fingerprint density at radius 1 is 1.38 bits per heavy atom. The summed E-state index contributed by atoms with van der Waals surface area (Å²) in [4.78, 5) is 33.9. The Morgan fingerprint density at radius 2 is 2.08 bits per heavy atom. The molecule has 1 amide bonds. The normalized spacial score (nSPS) is 20.2. The lowest BCUT2D eigenvalue weighted by atomic mass is 9.86. The van der Waals surface area contributed by atoms with Gasteiger partial charge < -0.3 is 15.8 Å². The summed E-state index contributed by atoms with van der Waals surface area (Å²) in [5, 5.41) is 13.5. The number of hydrogen-bond acceptors (Lipinski definition) is 6. The van der Waals surface area contributed by atoms with Crippen LogP contribution in [0.5, 0.6) is 0 Å². The van der Waals surface area contributed by atoms with E-state index in [0.717, 1.165) is 31.4 Å². The molecule has 1 aliphatic rings. The number of ether oxygens (including phenoxy) is 1. The van der Waals surface area contributed by atoms with Crippen molar-refractivity contribution >= 4 is 23.3 Å². The van der Waals surface area contributed by atoms with Gasteiger partial charge in [-0.25, -0.2) is 4.79 Å². The lowest BCUT2D eigenvalue weighted by molar-refractivity contribution is -0.384. The average molecular weight is 335 g/mol. The van der Waals surface area contributed by atoms with Crippen LogP contribution in [0.2, 0.25) is 0 Å².